The predicted octanol–water partition coefficient (Wildman–Crippen LogP) is 0.697. The highest BCUT2D eigenvalue weighted by Crippen LogP contribution is 2.39. The molecule has 0 unspecified atom stereocenters. The van der Waals surface area contributed by atoms with Crippen LogP contribution in [0.15, 0.2) is 12.2 Å². The van der Waals surface area contributed by atoms with Gasteiger partial charge in [-0.1, -0.05) is 12.2 Å². The molecule has 13 heavy (non-hydrogen) atoms. The molecule has 0 amide bonds. The van der Waals surface area contributed by atoms with Gasteiger partial charge in [0, 0.05) is 7.11 Å². The van der Waals surface area contributed by atoms with Gasteiger partial charge in [-0.3, -0.25) is 0 Å². The first-order chi connectivity index (χ1) is 6.09. The Balaban J connectivity index is 2.32. The Morgan fingerprint density at radius 1 is 1.54 bits per heavy atom. The van der Waals surface area contributed by atoms with Crippen LogP contribution in [0.25, 0.3) is 0 Å². The minimum Gasteiger partial charge on any atom is -0.388 e. The van der Waals surface area contributed by atoms with Gasteiger partial charge in [0.1, 0.15) is 17.8 Å². The molecule has 0 radical (unpaired) electrons. The van der Waals surface area contributed by atoms with Crippen molar-refractivity contribution in [2.45, 2.75) is 36.2 Å². The topological polar surface area (TPSA) is 38.7 Å². The number of rotatable bonds is 1. The summed E-state index contributed by atoms with van der Waals surface area (Å²) in [7, 11) is 1.56. The number of aliphatic hydroxyl groups is 1. The first-order valence-corrected chi connectivity index (χ1v) is 4.74. The van der Waals surface area contributed by atoms with Crippen LogP contribution in [0.3, 0.4) is 0 Å². The monoisotopic (exact) mass is 204 g/mol. The van der Waals surface area contributed by atoms with Crippen molar-refractivity contribution in [1.29, 1.82) is 0 Å². The summed E-state index contributed by atoms with van der Waals surface area (Å²) in [6.07, 6.45) is 2.73. The second-order valence-corrected chi connectivity index (χ2v) is 4.19. The normalized spacial score (nSPS) is 54.2. The van der Waals surface area contributed by atoms with Crippen molar-refractivity contribution in [2.24, 2.45) is 0 Å². The summed E-state index contributed by atoms with van der Waals surface area (Å²) < 4.78 is 10.8. The van der Waals surface area contributed by atoms with Gasteiger partial charge in [-0.2, -0.15) is 0 Å². The van der Waals surface area contributed by atoms with Gasteiger partial charge >= 0.3 is 0 Å². The molecular weight excluding hydrogens is 192 g/mol. The molecule has 0 aromatic heterocycles. The molecule has 74 valence electrons. The minimum atomic E-state index is -0.726. The molecule has 0 aromatic rings. The van der Waals surface area contributed by atoms with Crippen molar-refractivity contribution < 1.29 is 14.6 Å². The third-order valence-corrected chi connectivity index (χ3v) is 3.47. The molecule has 0 aromatic carbocycles. The third kappa shape index (κ3) is 1.15. The van der Waals surface area contributed by atoms with Gasteiger partial charge in [-0.05, 0) is 6.92 Å². The fourth-order valence-electron chi connectivity index (χ4n) is 1.88. The van der Waals surface area contributed by atoms with Crippen molar-refractivity contribution in [2.75, 3.05) is 7.11 Å². The summed E-state index contributed by atoms with van der Waals surface area (Å²) in [5.41, 5.74) is -0.726. The van der Waals surface area contributed by atoms with Gasteiger partial charge < -0.3 is 14.6 Å². The second-order valence-electron chi connectivity index (χ2n) is 3.68. The van der Waals surface area contributed by atoms with Crippen LogP contribution in [0.5, 0.6) is 0 Å². The van der Waals surface area contributed by atoms with Crippen molar-refractivity contribution in [3.8, 4) is 0 Å². The first kappa shape index (κ1) is 9.46. The molecule has 2 rings (SSSR count). The maximum Gasteiger partial charge on any atom is 0.122 e. The molecule has 4 heteroatoms. The fourth-order valence-corrected chi connectivity index (χ4v) is 2.27. The minimum absolute atomic E-state index is 0.176. The van der Waals surface area contributed by atoms with Crippen LogP contribution in [0.4, 0.5) is 0 Å². The van der Waals surface area contributed by atoms with E-state index < -0.39 is 17.1 Å². The molecule has 0 saturated carbocycles. The molecule has 5 atom stereocenters. The Kier molecular flexibility index (Phi) is 2.15. The maximum absolute atomic E-state index is 9.90. The Labute approximate surface area is 82.3 Å². The fraction of sp³-hybridized carbons (Fsp3) is 0.778. The van der Waals surface area contributed by atoms with Crippen LogP contribution in [0.1, 0.15) is 6.92 Å². The van der Waals surface area contributed by atoms with Gasteiger partial charge in [-0.15, -0.1) is 11.6 Å². The molecular formula is C9H13ClO3. The summed E-state index contributed by atoms with van der Waals surface area (Å²) in [5.74, 6) is 0. The number of hydrogen-bond donors (Lipinski definition) is 1. The highest BCUT2D eigenvalue weighted by atomic mass is 35.5. The lowest BCUT2D eigenvalue weighted by Gasteiger charge is -2.44. The molecule has 2 aliphatic heterocycles. The number of hydrogen-bond acceptors (Lipinski definition) is 3. The summed E-state index contributed by atoms with van der Waals surface area (Å²) in [6.45, 7) is 1.81. The standard InChI is InChI=1S/C9H13ClO3/c1-9(12-2)6-4-3-5(13-6)7(10)8(9)11/h3-8,11H,1-2H3/t5-,6+,7+,8+,9+/m0/s1. The second kappa shape index (κ2) is 2.95. The van der Waals surface area contributed by atoms with E-state index in [1.54, 1.807) is 7.11 Å². The zero-order chi connectivity index (χ0) is 9.64. The van der Waals surface area contributed by atoms with E-state index in [1.165, 1.54) is 0 Å². The Morgan fingerprint density at radius 3 is 2.85 bits per heavy atom. The van der Waals surface area contributed by atoms with Gasteiger partial charge in [0.25, 0.3) is 0 Å². The van der Waals surface area contributed by atoms with Gasteiger partial charge in [0.2, 0.25) is 0 Å². The van der Waals surface area contributed by atoms with Crippen molar-refractivity contribution in [3.63, 3.8) is 0 Å². The lowest BCUT2D eigenvalue weighted by atomic mass is 9.88. The maximum atomic E-state index is 9.90. The average Bonchev–Trinajstić information content (AvgIpc) is 2.59. The largest absolute Gasteiger partial charge is 0.388 e. The van der Waals surface area contributed by atoms with Crippen molar-refractivity contribution >= 4 is 11.6 Å². The molecule has 2 aliphatic rings. The summed E-state index contributed by atoms with van der Waals surface area (Å²) in [6, 6.07) is 0. The van der Waals surface area contributed by atoms with Crippen molar-refractivity contribution in [3.05, 3.63) is 12.2 Å². The van der Waals surface area contributed by atoms with E-state index in [1.807, 2.05) is 19.1 Å². The van der Waals surface area contributed by atoms with Crippen molar-refractivity contribution in [1.82, 2.24) is 0 Å². The number of alkyl halides is 1. The lowest BCUT2D eigenvalue weighted by molar-refractivity contribution is -0.196. The molecule has 1 fully saturated rings. The Hall–Kier alpha value is -0.0900. The van der Waals surface area contributed by atoms with E-state index in [9.17, 15) is 5.11 Å². The van der Waals surface area contributed by atoms with E-state index in [-0.39, 0.29) is 12.2 Å². The summed E-state index contributed by atoms with van der Waals surface area (Å²) in [4.78, 5) is 0. The van der Waals surface area contributed by atoms with Crippen LogP contribution in [0, 0.1) is 0 Å². The summed E-state index contributed by atoms with van der Waals surface area (Å²) >= 11 is 6.02. The number of fused-ring (bicyclic) bond motifs is 2. The number of methoxy groups -OCH3 is 1. The van der Waals surface area contributed by atoms with Gasteiger partial charge in [-0.25, -0.2) is 0 Å². The van der Waals surface area contributed by atoms with E-state index >= 15 is 0 Å². The predicted molar refractivity (Wildman–Crippen MR) is 48.9 cm³/mol. The third-order valence-electron chi connectivity index (χ3n) is 2.99. The molecule has 1 saturated heterocycles. The van der Waals surface area contributed by atoms with Crippen LogP contribution in [0.2, 0.25) is 0 Å². The van der Waals surface area contributed by atoms with E-state index in [4.69, 9.17) is 21.1 Å². The Morgan fingerprint density at radius 2 is 2.23 bits per heavy atom. The van der Waals surface area contributed by atoms with Crippen LogP contribution in [-0.4, -0.2) is 41.5 Å². The SMILES string of the molecule is CO[C@@]1(C)[C@H](O)[C@H](Cl)[C@@H]2C=C[C@H]1O2. The molecule has 0 spiro atoms. The zero-order valence-electron chi connectivity index (χ0n) is 7.61. The number of ether oxygens (including phenoxy) is 2. The van der Waals surface area contributed by atoms with E-state index in [2.05, 4.69) is 0 Å². The first-order valence-electron chi connectivity index (χ1n) is 4.30. The number of halogens is 1. The quantitative estimate of drug-likeness (QED) is 0.505. The van der Waals surface area contributed by atoms with Crippen LogP contribution in [-0.2, 0) is 9.47 Å². The zero-order valence-corrected chi connectivity index (χ0v) is 8.36. The van der Waals surface area contributed by atoms with Gasteiger partial charge in [0.05, 0.1) is 11.5 Å². The van der Waals surface area contributed by atoms with Gasteiger partial charge in [0.15, 0.2) is 0 Å². The van der Waals surface area contributed by atoms with Crippen LogP contribution >= 0.6 is 11.6 Å². The molecule has 0 aliphatic carbocycles. The molecule has 2 bridgehead atoms. The number of aliphatic hydroxyl groups excluding tert-OH is 1. The Bertz CT molecular complexity index is 243. The molecule has 2 heterocycles. The van der Waals surface area contributed by atoms with Crippen LogP contribution < -0.4 is 0 Å². The average molecular weight is 205 g/mol. The highest BCUT2D eigenvalue weighted by Gasteiger charge is 2.53. The van der Waals surface area contributed by atoms with E-state index in [0.717, 1.165) is 0 Å². The smallest absolute Gasteiger partial charge is 0.122 e. The highest BCUT2D eigenvalue weighted by molar-refractivity contribution is 6.21. The molecule has 3 nitrogen and oxygen atoms in total. The summed E-state index contributed by atoms with van der Waals surface area (Å²) in [5, 5.41) is 9.47. The molecule has 1 N–H and O–H groups in total. The van der Waals surface area contributed by atoms with E-state index in [0.29, 0.717) is 0 Å². The lowest BCUT2D eigenvalue weighted by Crippen LogP contribution is -2.60.